The second-order valence-electron chi connectivity index (χ2n) is 4.66. The molecule has 0 heterocycles. The van der Waals surface area contributed by atoms with Gasteiger partial charge in [0.15, 0.2) is 0 Å². The van der Waals surface area contributed by atoms with Gasteiger partial charge >= 0.3 is 0 Å². The zero-order chi connectivity index (χ0) is 12.1. The van der Waals surface area contributed by atoms with Crippen molar-refractivity contribution in [2.75, 3.05) is 0 Å². The van der Waals surface area contributed by atoms with Crippen molar-refractivity contribution < 1.29 is 9.72 Å². The number of carbonyl (C=O) groups excluding carboxylic acids is 1. The molecule has 0 aliphatic carbocycles. The lowest BCUT2D eigenvalue weighted by Gasteiger charge is -2.25. The van der Waals surface area contributed by atoms with Gasteiger partial charge in [-0.05, 0) is 13.3 Å². The Morgan fingerprint density at radius 1 is 1.47 bits per heavy atom. The van der Waals surface area contributed by atoms with Gasteiger partial charge in [-0.15, -0.1) is 0 Å². The molecule has 0 unspecified atom stereocenters. The van der Waals surface area contributed by atoms with Gasteiger partial charge in [-0.2, -0.15) is 0 Å². The standard InChI is InChI=1S/C11H21NO3/c1-5-6-7-10(8-9(2)13)11(3,4)12(14)15/h10H,5-8H2,1-4H3/t10-/m1/s1. The van der Waals surface area contributed by atoms with E-state index >= 15 is 0 Å². The summed E-state index contributed by atoms with van der Waals surface area (Å²) in [5.41, 5.74) is -0.999. The third kappa shape index (κ3) is 4.40. The molecule has 88 valence electrons. The lowest BCUT2D eigenvalue weighted by atomic mass is 9.81. The van der Waals surface area contributed by atoms with Crippen LogP contribution in [0.25, 0.3) is 0 Å². The van der Waals surface area contributed by atoms with Crippen LogP contribution in [0.2, 0.25) is 0 Å². The van der Waals surface area contributed by atoms with Crippen molar-refractivity contribution in [1.82, 2.24) is 0 Å². The van der Waals surface area contributed by atoms with E-state index in [0.717, 1.165) is 19.3 Å². The molecule has 0 saturated heterocycles. The Morgan fingerprint density at radius 3 is 2.33 bits per heavy atom. The minimum atomic E-state index is -0.999. The van der Waals surface area contributed by atoms with Crippen LogP contribution in [0.3, 0.4) is 0 Å². The van der Waals surface area contributed by atoms with Gasteiger partial charge in [0, 0.05) is 31.1 Å². The maximum atomic E-state index is 11.1. The number of hydrogen-bond donors (Lipinski definition) is 0. The first kappa shape index (κ1) is 14.1. The number of nitrogens with zero attached hydrogens (tertiary/aromatic N) is 1. The number of hydrogen-bond acceptors (Lipinski definition) is 3. The summed E-state index contributed by atoms with van der Waals surface area (Å²) in [6.45, 7) is 6.76. The van der Waals surface area contributed by atoms with Gasteiger partial charge in [0.05, 0.1) is 0 Å². The van der Waals surface area contributed by atoms with E-state index in [1.54, 1.807) is 13.8 Å². The number of unbranched alkanes of at least 4 members (excludes halogenated alkanes) is 1. The van der Waals surface area contributed by atoms with Crippen molar-refractivity contribution >= 4 is 5.78 Å². The molecule has 0 rings (SSSR count). The van der Waals surface area contributed by atoms with Crippen LogP contribution in [0.4, 0.5) is 0 Å². The van der Waals surface area contributed by atoms with Gasteiger partial charge in [-0.25, -0.2) is 0 Å². The normalized spacial score (nSPS) is 13.6. The highest BCUT2D eigenvalue weighted by Crippen LogP contribution is 2.28. The van der Waals surface area contributed by atoms with Crippen LogP contribution in [-0.4, -0.2) is 16.2 Å². The van der Waals surface area contributed by atoms with Gasteiger partial charge < -0.3 is 4.79 Å². The SMILES string of the molecule is CCCC[C@H](CC(C)=O)C(C)(C)[N+](=O)[O-]. The van der Waals surface area contributed by atoms with Crippen LogP contribution in [0.5, 0.6) is 0 Å². The molecular formula is C11H21NO3. The molecule has 0 bridgehead atoms. The summed E-state index contributed by atoms with van der Waals surface area (Å²) < 4.78 is 0. The van der Waals surface area contributed by atoms with Crippen LogP contribution in [0, 0.1) is 16.0 Å². The number of ketones is 1. The summed E-state index contributed by atoms with van der Waals surface area (Å²) in [6.07, 6.45) is 3.01. The Morgan fingerprint density at radius 2 is 2.00 bits per heavy atom. The zero-order valence-electron chi connectivity index (χ0n) is 10.1. The summed E-state index contributed by atoms with van der Waals surface area (Å²) in [4.78, 5) is 21.7. The van der Waals surface area contributed by atoms with Gasteiger partial charge in [0.1, 0.15) is 5.78 Å². The molecule has 0 N–H and O–H groups in total. The summed E-state index contributed by atoms with van der Waals surface area (Å²) in [5, 5.41) is 10.9. The molecule has 0 fully saturated rings. The fourth-order valence-electron chi connectivity index (χ4n) is 1.65. The monoisotopic (exact) mass is 215 g/mol. The lowest BCUT2D eigenvalue weighted by Crippen LogP contribution is -2.40. The lowest BCUT2D eigenvalue weighted by molar-refractivity contribution is -0.571. The summed E-state index contributed by atoms with van der Waals surface area (Å²) >= 11 is 0. The van der Waals surface area contributed by atoms with Crippen LogP contribution in [-0.2, 0) is 4.79 Å². The topological polar surface area (TPSA) is 60.2 Å². The Labute approximate surface area is 91.2 Å². The van der Waals surface area contributed by atoms with Crippen LogP contribution < -0.4 is 0 Å². The highest BCUT2D eigenvalue weighted by Gasteiger charge is 2.40. The highest BCUT2D eigenvalue weighted by atomic mass is 16.6. The predicted octanol–water partition coefficient (Wildman–Crippen LogP) is 2.83. The molecule has 0 aromatic heterocycles. The Balaban J connectivity index is 4.59. The minimum absolute atomic E-state index is 0.0334. The van der Waals surface area contributed by atoms with E-state index in [1.165, 1.54) is 6.92 Å². The molecule has 15 heavy (non-hydrogen) atoms. The molecule has 4 nitrogen and oxygen atoms in total. The van der Waals surface area contributed by atoms with Crippen LogP contribution >= 0.6 is 0 Å². The minimum Gasteiger partial charge on any atom is -0.300 e. The van der Waals surface area contributed by atoms with E-state index in [0.29, 0.717) is 6.42 Å². The molecular weight excluding hydrogens is 194 g/mol. The van der Waals surface area contributed by atoms with E-state index < -0.39 is 5.54 Å². The van der Waals surface area contributed by atoms with E-state index in [4.69, 9.17) is 0 Å². The molecule has 0 amide bonds. The molecule has 0 radical (unpaired) electrons. The maximum absolute atomic E-state index is 11.1. The zero-order valence-corrected chi connectivity index (χ0v) is 10.1. The van der Waals surface area contributed by atoms with Gasteiger partial charge in [0.2, 0.25) is 5.54 Å². The largest absolute Gasteiger partial charge is 0.300 e. The quantitative estimate of drug-likeness (QED) is 0.484. The molecule has 0 spiro atoms. The van der Waals surface area contributed by atoms with Crippen molar-refractivity contribution in [1.29, 1.82) is 0 Å². The predicted molar refractivity (Wildman–Crippen MR) is 59.4 cm³/mol. The fraction of sp³-hybridized carbons (Fsp3) is 0.909. The van der Waals surface area contributed by atoms with E-state index in [9.17, 15) is 14.9 Å². The summed E-state index contributed by atoms with van der Waals surface area (Å²) in [5.74, 6) is -0.115. The van der Waals surface area contributed by atoms with Crippen molar-refractivity contribution in [2.24, 2.45) is 5.92 Å². The number of carbonyl (C=O) groups is 1. The molecule has 0 aliphatic rings. The first-order valence-corrected chi connectivity index (χ1v) is 5.46. The number of rotatable bonds is 7. The summed E-state index contributed by atoms with van der Waals surface area (Å²) in [6, 6.07) is 0. The van der Waals surface area contributed by atoms with Gasteiger partial charge in [0.25, 0.3) is 0 Å². The van der Waals surface area contributed by atoms with Crippen molar-refractivity contribution in [3.8, 4) is 0 Å². The average Bonchev–Trinajstić information content (AvgIpc) is 2.11. The second-order valence-corrected chi connectivity index (χ2v) is 4.66. The van der Waals surface area contributed by atoms with E-state index in [2.05, 4.69) is 0 Å². The molecule has 1 atom stereocenters. The molecule has 0 saturated carbocycles. The smallest absolute Gasteiger partial charge is 0.220 e. The molecule has 0 aromatic rings. The van der Waals surface area contributed by atoms with Crippen LogP contribution in [0.15, 0.2) is 0 Å². The Bertz CT molecular complexity index is 236. The van der Waals surface area contributed by atoms with Crippen molar-refractivity contribution in [2.45, 2.75) is 58.9 Å². The summed E-state index contributed by atoms with van der Waals surface area (Å²) in [7, 11) is 0. The van der Waals surface area contributed by atoms with Gasteiger partial charge in [-0.1, -0.05) is 19.8 Å². The first-order valence-electron chi connectivity index (χ1n) is 5.46. The third-order valence-corrected chi connectivity index (χ3v) is 2.91. The third-order valence-electron chi connectivity index (χ3n) is 2.91. The van der Waals surface area contributed by atoms with Crippen molar-refractivity contribution in [3.63, 3.8) is 0 Å². The number of Topliss-reactive ketones (excluding diaryl/α,β-unsaturated/α-hetero) is 1. The van der Waals surface area contributed by atoms with Crippen LogP contribution in [0.1, 0.15) is 53.4 Å². The van der Waals surface area contributed by atoms with Crippen molar-refractivity contribution in [3.05, 3.63) is 10.1 Å². The molecule has 4 heteroatoms. The second kappa shape index (κ2) is 5.83. The molecule has 0 aromatic carbocycles. The number of nitro groups is 1. The highest BCUT2D eigenvalue weighted by molar-refractivity contribution is 5.75. The maximum Gasteiger partial charge on any atom is 0.220 e. The Hall–Kier alpha value is -0.930. The Kier molecular flexibility index (Phi) is 5.47. The first-order chi connectivity index (χ1) is 6.82. The fourth-order valence-corrected chi connectivity index (χ4v) is 1.65. The molecule has 0 aliphatic heterocycles. The van der Waals surface area contributed by atoms with E-state index in [-0.39, 0.29) is 16.6 Å². The average molecular weight is 215 g/mol. The van der Waals surface area contributed by atoms with Gasteiger partial charge in [-0.3, -0.25) is 10.1 Å². The van der Waals surface area contributed by atoms with E-state index in [1.807, 2.05) is 6.92 Å².